The highest BCUT2D eigenvalue weighted by atomic mass is 15.2. The maximum Gasteiger partial charge on any atom is 0.0601 e. The standard InChI is InChI=1S/C12H19N/c1-2-9-13-10-5-7-11-6-3-4-8-12(11)13/h1,11-12H,3-10H2. The van der Waals surface area contributed by atoms with Gasteiger partial charge in [-0.05, 0) is 38.1 Å². The topological polar surface area (TPSA) is 3.24 Å². The molecular formula is C12H19N. The van der Waals surface area contributed by atoms with Gasteiger partial charge in [-0.2, -0.15) is 0 Å². The van der Waals surface area contributed by atoms with E-state index in [-0.39, 0.29) is 0 Å². The molecule has 2 aliphatic rings. The van der Waals surface area contributed by atoms with E-state index in [0.29, 0.717) is 0 Å². The average molecular weight is 177 g/mol. The van der Waals surface area contributed by atoms with Crippen LogP contribution in [0.3, 0.4) is 0 Å². The van der Waals surface area contributed by atoms with E-state index in [1.54, 1.807) is 0 Å². The third kappa shape index (κ3) is 1.89. The first-order chi connectivity index (χ1) is 6.42. The van der Waals surface area contributed by atoms with Crippen molar-refractivity contribution in [2.45, 2.75) is 44.6 Å². The summed E-state index contributed by atoms with van der Waals surface area (Å²) in [7, 11) is 0. The normalized spacial score (nSPS) is 35.0. The van der Waals surface area contributed by atoms with Crippen molar-refractivity contribution in [3.05, 3.63) is 0 Å². The van der Waals surface area contributed by atoms with Gasteiger partial charge in [-0.25, -0.2) is 0 Å². The first-order valence-corrected chi connectivity index (χ1v) is 5.59. The van der Waals surface area contributed by atoms with Crippen molar-refractivity contribution in [1.82, 2.24) is 4.90 Å². The minimum Gasteiger partial charge on any atom is -0.289 e. The summed E-state index contributed by atoms with van der Waals surface area (Å²) in [6.45, 7) is 2.12. The number of fused-ring (bicyclic) bond motifs is 1. The van der Waals surface area contributed by atoms with E-state index >= 15 is 0 Å². The maximum atomic E-state index is 5.39. The maximum absolute atomic E-state index is 5.39. The first kappa shape index (κ1) is 9.09. The second kappa shape index (κ2) is 4.15. The van der Waals surface area contributed by atoms with E-state index in [2.05, 4.69) is 10.8 Å². The minimum atomic E-state index is 0.832. The quantitative estimate of drug-likeness (QED) is 0.555. The van der Waals surface area contributed by atoms with Gasteiger partial charge in [0.1, 0.15) is 0 Å². The van der Waals surface area contributed by atoms with Crippen LogP contribution >= 0.6 is 0 Å². The van der Waals surface area contributed by atoms with Crippen LogP contribution in [0.1, 0.15) is 38.5 Å². The monoisotopic (exact) mass is 177 g/mol. The Morgan fingerprint density at radius 3 is 2.77 bits per heavy atom. The molecule has 0 radical (unpaired) electrons. The van der Waals surface area contributed by atoms with Crippen molar-refractivity contribution in [3.8, 4) is 12.3 Å². The fourth-order valence-corrected chi connectivity index (χ4v) is 3.04. The van der Waals surface area contributed by atoms with E-state index in [1.165, 1.54) is 45.1 Å². The zero-order chi connectivity index (χ0) is 9.10. The summed E-state index contributed by atoms with van der Waals surface area (Å²) in [5.41, 5.74) is 0. The lowest BCUT2D eigenvalue weighted by Crippen LogP contribution is -2.46. The van der Waals surface area contributed by atoms with Crippen molar-refractivity contribution in [3.63, 3.8) is 0 Å². The van der Waals surface area contributed by atoms with Gasteiger partial charge >= 0.3 is 0 Å². The molecule has 2 rings (SSSR count). The van der Waals surface area contributed by atoms with E-state index in [4.69, 9.17) is 6.42 Å². The van der Waals surface area contributed by atoms with Crippen molar-refractivity contribution >= 4 is 0 Å². The molecule has 0 N–H and O–H groups in total. The molecule has 0 amide bonds. The van der Waals surface area contributed by atoms with Crippen LogP contribution in [0.15, 0.2) is 0 Å². The fourth-order valence-electron chi connectivity index (χ4n) is 3.04. The number of likely N-dealkylation sites (tertiary alicyclic amines) is 1. The third-order valence-electron chi connectivity index (χ3n) is 3.65. The van der Waals surface area contributed by atoms with Gasteiger partial charge in [0, 0.05) is 6.04 Å². The summed E-state index contributed by atoms with van der Waals surface area (Å²) in [5.74, 6) is 3.76. The number of hydrogen-bond donors (Lipinski definition) is 0. The Morgan fingerprint density at radius 1 is 1.15 bits per heavy atom. The van der Waals surface area contributed by atoms with Crippen molar-refractivity contribution in [1.29, 1.82) is 0 Å². The van der Waals surface area contributed by atoms with Gasteiger partial charge in [-0.3, -0.25) is 4.90 Å². The van der Waals surface area contributed by atoms with Crippen molar-refractivity contribution in [2.75, 3.05) is 13.1 Å². The van der Waals surface area contributed by atoms with Crippen LogP contribution in [0.5, 0.6) is 0 Å². The first-order valence-electron chi connectivity index (χ1n) is 5.59. The molecule has 1 nitrogen and oxygen atoms in total. The van der Waals surface area contributed by atoms with Gasteiger partial charge in [0.15, 0.2) is 0 Å². The van der Waals surface area contributed by atoms with Crippen LogP contribution < -0.4 is 0 Å². The molecule has 1 heterocycles. The molecule has 0 aromatic heterocycles. The van der Waals surface area contributed by atoms with E-state index in [9.17, 15) is 0 Å². The minimum absolute atomic E-state index is 0.832. The van der Waals surface area contributed by atoms with Gasteiger partial charge in [-0.15, -0.1) is 6.42 Å². The molecule has 13 heavy (non-hydrogen) atoms. The van der Waals surface area contributed by atoms with Gasteiger partial charge in [-0.1, -0.05) is 18.8 Å². The lowest BCUT2D eigenvalue weighted by Gasteiger charge is -2.43. The van der Waals surface area contributed by atoms with E-state index in [0.717, 1.165) is 18.5 Å². The average Bonchev–Trinajstić information content (AvgIpc) is 2.19. The van der Waals surface area contributed by atoms with Gasteiger partial charge in [0.05, 0.1) is 6.54 Å². The molecule has 1 aliphatic carbocycles. The SMILES string of the molecule is C#CCN1CCCC2CCCCC21. The summed E-state index contributed by atoms with van der Waals surface area (Å²) in [6, 6.07) is 0.832. The highest BCUT2D eigenvalue weighted by molar-refractivity contribution is 4.95. The van der Waals surface area contributed by atoms with Crippen LogP contribution in [0, 0.1) is 18.3 Å². The molecule has 1 saturated heterocycles. The van der Waals surface area contributed by atoms with Crippen LogP contribution in [0.2, 0.25) is 0 Å². The van der Waals surface area contributed by atoms with Gasteiger partial charge in [0.2, 0.25) is 0 Å². The summed E-state index contributed by atoms with van der Waals surface area (Å²) < 4.78 is 0. The summed E-state index contributed by atoms with van der Waals surface area (Å²) >= 11 is 0. The van der Waals surface area contributed by atoms with Crippen LogP contribution in [0.4, 0.5) is 0 Å². The summed E-state index contributed by atoms with van der Waals surface area (Å²) in [4.78, 5) is 2.54. The fraction of sp³-hybridized carbons (Fsp3) is 0.833. The van der Waals surface area contributed by atoms with Crippen LogP contribution in [-0.2, 0) is 0 Å². The Labute approximate surface area is 81.5 Å². The lowest BCUT2D eigenvalue weighted by atomic mass is 9.78. The van der Waals surface area contributed by atoms with Crippen molar-refractivity contribution < 1.29 is 0 Å². The largest absolute Gasteiger partial charge is 0.289 e. The second-order valence-electron chi connectivity index (χ2n) is 4.43. The second-order valence-corrected chi connectivity index (χ2v) is 4.43. The summed E-state index contributed by atoms with van der Waals surface area (Å²) in [5, 5.41) is 0. The number of nitrogens with zero attached hydrogens (tertiary/aromatic N) is 1. The molecule has 0 bridgehead atoms. The third-order valence-corrected chi connectivity index (χ3v) is 3.65. The van der Waals surface area contributed by atoms with Crippen LogP contribution in [-0.4, -0.2) is 24.0 Å². The number of rotatable bonds is 1. The van der Waals surface area contributed by atoms with Crippen molar-refractivity contribution in [2.24, 2.45) is 5.92 Å². The number of piperidine rings is 1. The van der Waals surface area contributed by atoms with E-state index in [1.807, 2.05) is 0 Å². The Balaban J connectivity index is 1.99. The Bertz CT molecular complexity index is 202. The van der Waals surface area contributed by atoms with E-state index < -0.39 is 0 Å². The predicted molar refractivity (Wildman–Crippen MR) is 55.4 cm³/mol. The number of terminal acetylenes is 1. The molecule has 0 spiro atoms. The molecule has 1 aliphatic heterocycles. The molecule has 1 saturated carbocycles. The molecule has 0 aromatic rings. The molecular weight excluding hydrogens is 158 g/mol. The molecule has 72 valence electrons. The molecule has 2 fully saturated rings. The molecule has 0 aromatic carbocycles. The number of hydrogen-bond acceptors (Lipinski definition) is 1. The predicted octanol–water partition coefficient (Wildman–Crippen LogP) is 2.27. The Kier molecular flexibility index (Phi) is 2.90. The Hall–Kier alpha value is -0.480. The molecule has 2 atom stereocenters. The molecule has 1 heteroatoms. The van der Waals surface area contributed by atoms with Gasteiger partial charge in [0.25, 0.3) is 0 Å². The smallest absolute Gasteiger partial charge is 0.0601 e. The summed E-state index contributed by atoms with van der Waals surface area (Å²) in [6.07, 6.45) is 13.9. The van der Waals surface area contributed by atoms with Gasteiger partial charge < -0.3 is 0 Å². The zero-order valence-corrected chi connectivity index (χ0v) is 8.34. The highest BCUT2D eigenvalue weighted by Gasteiger charge is 2.32. The van der Waals surface area contributed by atoms with Crippen LogP contribution in [0.25, 0.3) is 0 Å². The molecule has 2 unspecified atom stereocenters. The zero-order valence-electron chi connectivity index (χ0n) is 8.34. The highest BCUT2D eigenvalue weighted by Crippen LogP contribution is 2.34. The lowest BCUT2D eigenvalue weighted by molar-refractivity contribution is 0.0729. The Morgan fingerprint density at radius 2 is 1.92 bits per heavy atom.